The van der Waals surface area contributed by atoms with Gasteiger partial charge in [0.15, 0.2) is 0 Å². The first kappa shape index (κ1) is 17.5. The number of hydrogen-bond donors (Lipinski definition) is 2. The third kappa shape index (κ3) is 3.74. The molecule has 3 rings (SSSR count). The van der Waals surface area contributed by atoms with Gasteiger partial charge in [-0.25, -0.2) is 0 Å². The Morgan fingerprint density at radius 1 is 1.35 bits per heavy atom. The van der Waals surface area contributed by atoms with Gasteiger partial charge in [0, 0.05) is 30.1 Å². The SMILES string of the molecule is Cl.NCCC1CCCN(C(=O)c2cc(=O)[nH]c3ccccc23)C1. The number of hydrogen-bond acceptors (Lipinski definition) is 3. The molecule has 1 fully saturated rings. The molecule has 1 aliphatic heterocycles. The lowest BCUT2D eigenvalue weighted by molar-refractivity contribution is 0.0671. The molecule has 0 saturated carbocycles. The van der Waals surface area contributed by atoms with Crippen LogP contribution in [0, 0.1) is 5.92 Å². The van der Waals surface area contributed by atoms with Crippen molar-refractivity contribution in [2.45, 2.75) is 19.3 Å². The average Bonchev–Trinajstić information content (AvgIpc) is 2.54. The lowest BCUT2D eigenvalue weighted by Gasteiger charge is -2.33. The van der Waals surface area contributed by atoms with Gasteiger partial charge in [-0.05, 0) is 37.8 Å². The Morgan fingerprint density at radius 3 is 2.91 bits per heavy atom. The number of piperidine rings is 1. The van der Waals surface area contributed by atoms with E-state index in [1.165, 1.54) is 6.07 Å². The molecule has 0 radical (unpaired) electrons. The highest BCUT2D eigenvalue weighted by Crippen LogP contribution is 2.23. The minimum Gasteiger partial charge on any atom is -0.338 e. The van der Waals surface area contributed by atoms with Crippen molar-refractivity contribution in [1.82, 2.24) is 9.88 Å². The van der Waals surface area contributed by atoms with E-state index in [1.807, 2.05) is 29.2 Å². The second-order valence-electron chi connectivity index (χ2n) is 5.93. The smallest absolute Gasteiger partial charge is 0.254 e. The summed E-state index contributed by atoms with van der Waals surface area (Å²) in [5.74, 6) is 0.417. The van der Waals surface area contributed by atoms with Gasteiger partial charge in [0.05, 0.1) is 5.56 Å². The van der Waals surface area contributed by atoms with Crippen molar-refractivity contribution in [3.8, 4) is 0 Å². The number of carbonyl (C=O) groups excluding carboxylic acids is 1. The van der Waals surface area contributed by atoms with Crippen LogP contribution in [0.4, 0.5) is 0 Å². The van der Waals surface area contributed by atoms with Crippen LogP contribution in [0.25, 0.3) is 10.9 Å². The molecule has 1 atom stereocenters. The number of amides is 1. The summed E-state index contributed by atoms with van der Waals surface area (Å²) in [6.45, 7) is 2.14. The van der Waals surface area contributed by atoms with Gasteiger partial charge in [-0.3, -0.25) is 9.59 Å². The fraction of sp³-hybridized carbons (Fsp3) is 0.412. The molecule has 0 aliphatic carbocycles. The molecular weight excluding hydrogens is 314 g/mol. The maximum atomic E-state index is 12.9. The van der Waals surface area contributed by atoms with E-state index in [0.717, 1.165) is 37.7 Å². The lowest BCUT2D eigenvalue weighted by Crippen LogP contribution is -2.40. The quantitative estimate of drug-likeness (QED) is 0.902. The number of rotatable bonds is 3. The van der Waals surface area contributed by atoms with Gasteiger partial charge < -0.3 is 15.6 Å². The van der Waals surface area contributed by atoms with Crippen molar-refractivity contribution in [1.29, 1.82) is 0 Å². The van der Waals surface area contributed by atoms with E-state index in [4.69, 9.17) is 5.73 Å². The van der Waals surface area contributed by atoms with Crippen LogP contribution in [0.2, 0.25) is 0 Å². The van der Waals surface area contributed by atoms with E-state index < -0.39 is 0 Å². The number of aromatic nitrogens is 1. The number of nitrogens with two attached hydrogens (primary N) is 1. The molecule has 2 heterocycles. The summed E-state index contributed by atoms with van der Waals surface area (Å²) in [6.07, 6.45) is 3.06. The van der Waals surface area contributed by atoms with Crippen LogP contribution >= 0.6 is 12.4 Å². The molecule has 2 aromatic rings. The van der Waals surface area contributed by atoms with Crippen LogP contribution < -0.4 is 11.3 Å². The highest BCUT2D eigenvalue weighted by atomic mass is 35.5. The summed E-state index contributed by atoms with van der Waals surface area (Å²) in [6, 6.07) is 8.84. The van der Waals surface area contributed by atoms with Gasteiger partial charge in [-0.1, -0.05) is 18.2 Å². The number of benzene rings is 1. The number of halogens is 1. The molecule has 124 valence electrons. The van der Waals surface area contributed by atoms with Gasteiger partial charge in [0.1, 0.15) is 0 Å². The number of fused-ring (bicyclic) bond motifs is 1. The van der Waals surface area contributed by atoms with Gasteiger partial charge in [0.25, 0.3) is 5.91 Å². The lowest BCUT2D eigenvalue weighted by atomic mass is 9.94. The first-order valence-electron chi connectivity index (χ1n) is 7.80. The van der Waals surface area contributed by atoms with Crippen molar-refractivity contribution in [3.05, 3.63) is 46.2 Å². The normalized spacial score (nSPS) is 17.8. The second-order valence-corrected chi connectivity index (χ2v) is 5.93. The Kier molecular flexibility index (Phi) is 5.80. The molecule has 1 aromatic carbocycles. The Labute approximate surface area is 141 Å². The zero-order valence-electron chi connectivity index (χ0n) is 13.0. The van der Waals surface area contributed by atoms with E-state index >= 15 is 0 Å². The van der Waals surface area contributed by atoms with E-state index in [2.05, 4.69) is 4.98 Å². The van der Waals surface area contributed by atoms with Crippen molar-refractivity contribution in [3.63, 3.8) is 0 Å². The third-order valence-electron chi connectivity index (χ3n) is 4.36. The van der Waals surface area contributed by atoms with Crippen molar-refractivity contribution >= 4 is 29.2 Å². The van der Waals surface area contributed by atoms with Crippen LogP contribution in [0.1, 0.15) is 29.6 Å². The topological polar surface area (TPSA) is 79.2 Å². The molecular formula is C17H22ClN3O2. The third-order valence-corrected chi connectivity index (χ3v) is 4.36. The zero-order valence-corrected chi connectivity index (χ0v) is 13.8. The van der Waals surface area contributed by atoms with Crippen molar-refractivity contribution in [2.24, 2.45) is 11.7 Å². The number of likely N-dealkylation sites (tertiary alicyclic amines) is 1. The van der Waals surface area contributed by atoms with Crippen LogP contribution in [-0.4, -0.2) is 35.4 Å². The summed E-state index contributed by atoms with van der Waals surface area (Å²) in [5.41, 5.74) is 6.59. The summed E-state index contributed by atoms with van der Waals surface area (Å²) in [4.78, 5) is 29.3. The van der Waals surface area contributed by atoms with Gasteiger partial charge in [-0.15, -0.1) is 12.4 Å². The molecule has 1 unspecified atom stereocenters. The Hall–Kier alpha value is -1.85. The van der Waals surface area contributed by atoms with Crippen LogP contribution in [0.5, 0.6) is 0 Å². The predicted octanol–water partition coefficient (Wildman–Crippen LogP) is 2.15. The fourth-order valence-corrected chi connectivity index (χ4v) is 3.27. The maximum Gasteiger partial charge on any atom is 0.254 e. The van der Waals surface area contributed by atoms with Crippen LogP contribution in [-0.2, 0) is 0 Å². The summed E-state index contributed by atoms with van der Waals surface area (Å²) < 4.78 is 0. The number of nitrogens with zero attached hydrogens (tertiary/aromatic N) is 1. The molecule has 1 saturated heterocycles. The number of para-hydroxylation sites is 1. The summed E-state index contributed by atoms with van der Waals surface area (Å²) >= 11 is 0. The van der Waals surface area contributed by atoms with Crippen molar-refractivity contribution in [2.75, 3.05) is 19.6 Å². The fourth-order valence-electron chi connectivity index (χ4n) is 3.27. The van der Waals surface area contributed by atoms with Crippen LogP contribution in [0.15, 0.2) is 35.1 Å². The minimum atomic E-state index is -0.238. The molecule has 6 heteroatoms. The number of carbonyl (C=O) groups is 1. The Bertz CT molecular complexity index is 742. The van der Waals surface area contributed by atoms with Crippen molar-refractivity contribution < 1.29 is 4.79 Å². The van der Waals surface area contributed by atoms with E-state index in [0.29, 0.717) is 23.5 Å². The van der Waals surface area contributed by atoms with Gasteiger partial charge in [0.2, 0.25) is 5.56 Å². The summed E-state index contributed by atoms with van der Waals surface area (Å²) in [7, 11) is 0. The number of H-pyrrole nitrogens is 1. The van der Waals surface area contributed by atoms with Gasteiger partial charge in [-0.2, -0.15) is 0 Å². The molecule has 0 bridgehead atoms. The Balaban J connectivity index is 0.00000192. The molecule has 1 aromatic heterocycles. The standard InChI is InChI=1S/C17H21N3O2.ClH/c18-8-7-12-4-3-9-20(11-12)17(22)14-10-16(21)19-15-6-2-1-5-13(14)15;/h1-2,5-6,10,12H,3-4,7-9,11,18H2,(H,19,21);1H. The van der Waals surface area contributed by atoms with E-state index in [1.54, 1.807) is 0 Å². The number of pyridine rings is 1. The molecule has 1 aliphatic rings. The molecule has 1 amide bonds. The summed E-state index contributed by atoms with van der Waals surface area (Å²) in [5, 5.41) is 0.799. The van der Waals surface area contributed by atoms with Gasteiger partial charge >= 0.3 is 0 Å². The first-order chi connectivity index (χ1) is 10.7. The van der Waals surface area contributed by atoms with E-state index in [-0.39, 0.29) is 23.9 Å². The number of nitrogens with one attached hydrogen (secondary N) is 1. The molecule has 23 heavy (non-hydrogen) atoms. The highest BCUT2D eigenvalue weighted by molar-refractivity contribution is 6.05. The average molecular weight is 336 g/mol. The molecule has 0 spiro atoms. The number of aromatic amines is 1. The van der Waals surface area contributed by atoms with Crippen LogP contribution in [0.3, 0.4) is 0 Å². The highest BCUT2D eigenvalue weighted by Gasteiger charge is 2.25. The molecule has 3 N–H and O–H groups in total. The predicted molar refractivity (Wildman–Crippen MR) is 94.1 cm³/mol. The minimum absolute atomic E-state index is 0. The Morgan fingerprint density at radius 2 is 2.13 bits per heavy atom. The maximum absolute atomic E-state index is 12.9. The monoisotopic (exact) mass is 335 g/mol. The zero-order chi connectivity index (χ0) is 15.5. The van der Waals surface area contributed by atoms with E-state index in [9.17, 15) is 9.59 Å². The second kappa shape index (κ2) is 7.62. The largest absolute Gasteiger partial charge is 0.338 e. The first-order valence-corrected chi connectivity index (χ1v) is 7.80. The molecule has 5 nitrogen and oxygen atoms in total.